The first kappa shape index (κ1) is 25.9. The predicted octanol–water partition coefficient (Wildman–Crippen LogP) is 4.64. The molecule has 0 radical (unpaired) electrons. The Morgan fingerprint density at radius 1 is 1.03 bits per heavy atom. The molecule has 2 aromatic carbocycles. The summed E-state index contributed by atoms with van der Waals surface area (Å²) in [6, 6.07) is 12.2. The minimum atomic E-state index is -1.32. The molecule has 1 fully saturated rings. The summed E-state index contributed by atoms with van der Waals surface area (Å²) in [5.74, 6) is 0.828. The molecule has 5 rings (SSSR count). The van der Waals surface area contributed by atoms with E-state index in [1.165, 1.54) is 0 Å². The van der Waals surface area contributed by atoms with Gasteiger partial charge in [0.15, 0.2) is 0 Å². The third-order valence-corrected chi connectivity index (χ3v) is 7.70. The Balaban J connectivity index is 1.42. The van der Waals surface area contributed by atoms with E-state index < -0.39 is 16.8 Å². The number of anilines is 2. The maximum Gasteiger partial charge on any atom is 0.410 e. The third kappa shape index (κ3) is 5.44. The largest absolute Gasteiger partial charge is 0.609 e. The van der Waals surface area contributed by atoms with E-state index in [0.717, 1.165) is 51.5 Å². The molecule has 0 aliphatic carbocycles. The summed E-state index contributed by atoms with van der Waals surface area (Å²) >= 11 is 5.29. The van der Waals surface area contributed by atoms with Gasteiger partial charge in [0, 0.05) is 60.5 Å². The highest BCUT2D eigenvalue weighted by atomic mass is 35.5. The van der Waals surface area contributed by atoms with Gasteiger partial charge in [-0.3, -0.25) is 0 Å². The van der Waals surface area contributed by atoms with E-state index in [4.69, 9.17) is 26.3 Å². The molecule has 3 heterocycles. The highest BCUT2D eigenvalue weighted by Crippen LogP contribution is 2.36. The van der Waals surface area contributed by atoms with Crippen molar-refractivity contribution in [3.8, 4) is 0 Å². The lowest BCUT2D eigenvalue weighted by Gasteiger charge is -2.38. The van der Waals surface area contributed by atoms with Crippen molar-refractivity contribution in [1.82, 2.24) is 14.9 Å². The van der Waals surface area contributed by atoms with Crippen molar-refractivity contribution in [2.45, 2.75) is 44.5 Å². The SMILES string of the molecule is C[S+]([O-])c1nc2c(c(N3CCN(C(=O)OC(C)(C)C)CC3)n1)CCN(c1cccc3cccc(Cl)c13)C2. The van der Waals surface area contributed by atoms with Crippen LogP contribution >= 0.6 is 11.6 Å². The van der Waals surface area contributed by atoms with E-state index >= 15 is 0 Å². The van der Waals surface area contributed by atoms with Crippen molar-refractivity contribution >= 4 is 51.1 Å². The first-order valence-corrected chi connectivity index (χ1v) is 14.4. The van der Waals surface area contributed by atoms with Crippen LogP contribution in [0.5, 0.6) is 0 Å². The average molecular weight is 542 g/mol. The molecule has 0 saturated carbocycles. The summed E-state index contributed by atoms with van der Waals surface area (Å²) in [7, 11) is 0. The second-order valence-electron chi connectivity index (χ2n) is 10.5. The lowest BCUT2D eigenvalue weighted by molar-refractivity contribution is 0.0240. The van der Waals surface area contributed by atoms with Gasteiger partial charge in [-0.1, -0.05) is 35.9 Å². The van der Waals surface area contributed by atoms with Crippen LogP contribution < -0.4 is 9.80 Å². The Labute approximate surface area is 225 Å². The fourth-order valence-electron chi connectivity index (χ4n) is 4.95. The van der Waals surface area contributed by atoms with Crippen molar-refractivity contribution < 1.29 is 14.1 Å². The molecule has 2 aliphatic rings. The van der Waals surface area contributed by atoms with Crippen LogP contribution in [0.2, 0.25) is 5.02 Å². The zero-order valence-corrected chi connectivity index (χ0v) is 23.2. The van der Waals surface area contributed by atoms with E-state index in [2.05, 4.69) is 28.0 Å². The first-order chi connectivity index (χ1) is 17.6. The van der Waals surface area contributed by atoms with E-state index in [9.17, 15) is 9.35 Å². The molecule has 0 spiro atoms. The highest BCUT2D eigenvalue weighted by molar-refractivity contribution is 7.90. The van der Waals surface area contributed by atoms with Crippen molar-refractivity contribution in [2.75, 3.05) is 48.8 Å². The molecule has 1 unspecified atom stereocenters. The maximum atomic E-state index is 12.5. The number of amides is 1. The molecule has 37 heavy (non-hydrogen) atoms. The Bertz CT molecular complexity index is 1320. The molecule has 1 atom stereocenters. The van der Waals surface area contributed by atoms with Gasteiger partial charge < -0.3 is 24.0 Å². The Morgan fingerprint density at radius 2 is 1.73 bits per heavy atom. The molecule has 1 saturated heterocycles. The number of aromatic nitrogens is 2. The lowest BCUT2D eigenvalue weighted by Crippen LogP contribution is -2.50. The average Bonchev–Trinajstić information content (AvgIpc) is 2.86. The van der Waals surface area contributed by atoms with Crippen LogP contribution in [0.25, 0.3) is 10.8 Å². The van der Waals surface area contributed by atoms with Crippen molar-refractivity contribution in [3.63, 3.8) is 0 Å². The number of rotatable bonds is 3. The molecular formula is C27H32ClN5O3S. The van der Waals surface area contributed by atoms with Gasteiger partial charge in [0.2, 0.25) is 0 Å². The number of piperazine rings is 1. The molecule has 0 bridgehead atoms. The summed E-state index contributed by atoms with van der Waals surface area (Å²) in [6.07, 6.45) is 2.07. The normalized spacial score (nSPS) is 17.1. The lowest BCUT2D eigenvalue weighted by atomic mass is 10.0. The van der Waals surface area contributed by atoms with Crippen LogP contribution in [0.15, 0.2) is 41.6 Å². The van der Waals surface area contributed by atoms with Gasteiger partial charge in [0.25, 0.3) is 0 Å². The van der Waals surface area contributed by atoms with E-state index in [1.54, 1.807) is 11.2 Å². The highest BCUT2D eigenvalue weighted by Gasteiger charge is 2.31. The number of fused-ring (bicyclic) bond motifs is 2. The fraction of sp³-hybridized carbons (Fsp3) is 0.444. The van der Waals surface area contributed by atoms with Crippen LogP contribution in [0.3, 0.4) is 0 Å². The van der Waals surface area contributed by atoms with Crippen LogP contribution in [0, 0.1) is 0 Å². The van der Waals surface area contributed by atoms with Gasteiger partial charge in [0.1, 0.15) is 17.7 Å². The quantitative estimate of drug-likeness (QED) is 0.353. The van der Waals surface area contributed by atoms with E-state index in [0.29, 0.717) is 37.9 Å². The molecule has 10 heteroatoms. The molecule has 1 aromatic heterocycles. The fourth-order valence-corrected chi connectivity index (χ4v) is 5.68. The summed E-state index contributed by atoms with van der Waals surface area (Å²) < 4.78 is 18.0. The molecule has 0 N–H and O–H groups in total. The molecule has 1 amide bonds. The maximum absolute atomic E-state index is 12.5. The van der Waals surface area contributed by atoms with Gasteiger partial charge in [-0.2, -0.15) is 9.97 Å². The van der Waals surface area contributed by atoms with Crippen molar-refractivity contribution in [3.05, 3.63) is 52.7 Å². The molecule has 3 aromatic rings. The van der Waals surface area contributed by atoms with Crippen molar-refractivity contribution in [2.24, 2.45) is 0 Å². The standard InChI is InChI=1S/C27H32ClN5O3S/c1-27(2,3)36-26(34)32-15-13-31(14-16-32)24-19-11-12-33(17-21(19)29-25(30-24)37(4)35)22-10-6-8-18-7-5-9-20(28)23(18)22/h5-10H,11-17H2,1-4H3. The Kier molecular flexibility index (Phi) is 7.13. The molecule has 8 nitrogen and oxygen atoms in total. The van der Waals surface area contributed by atoms with E-state index in [-0.39, 0.29) is 6.09 Å². The smallest absolute Gasteiger partial charge is 0.410 e. The summed E-state index contributed by atoms with van der Waals surface area (Å²) in [6.45, 7) is 9.32. The van der Waals surface area contributed by atoms with Gasteiger partial charge in [-0.25, -0.2) is 4.79 Å². The zero-order chi connectivity index (χ0) is 26.3. The summed E-state index contributed by atoms with van der Waals surface area (Å²) in [4.78, 5) is 28.2. The number of carbonyl (C=O) groups is 1. The molecular weight excluding hydrogens is 510 g/mol. The van der Waals surface area contributed by atoms with E-state index in [1.807, 2.05) is 39.0 Å². The van der Waals surface area contributed by atoms with Gasteiger partial charge in [0.05, 0.1) is 17.3 Å². The number of nitrogens with zero attached hydrogens (tertiary/aromatic N) is 5. The van der Waals surface area contributed by atoms with Crippen LogP contribution in [0.1, 0.15) is 32.0 Å². The number of halogens is 1. The predicted molar refractivity (Wildman–Crippen MR) is 148 cm³/mol. The molecule has 2 aliphatic heterocycles. The number of ether oxygens (including phenoxy) is 1. The third-order valence-electron chi connectivity index (χ3n) is 6.68. The van der Waals surface area contributed by atoms with Gasteiger partial charge >= 0.3 is 11.2 Å². The summed E-state index contributed by atoms with van der Waals surface area (Å²) in [5, 5.41) is 3.18. The topological polar surface area (TPSA) is 84.9 Å². The minimum absolute atomic E-state index is 0.295. The van der Waals surface area contributed by atoms with Crippen LogP contribution in [0.4, 0.5) is 16.3 Å². The zero-order valence-electron chi connectivity index (χ0n) is 21.7. The van der Waals surface area contributed by atoms with Gasteiger partial charge in [-0.15, -0.1) is 0 Å². The summed E-state index contributed by atoms with van der Waals surface area (Å²) in [5.41, 5.74) is 2.52. The molecule has 196 valence electrons. The van der Waals surface area contributed by atoms with Gasteiger partial charge in [-0.05, 0) is 44.7 Å². The first-order valence-electron chi connectivity index (χ1n) is 12.5. The number of hydrogen-bond donors (Lipinski definition) is 0. The number of carbonyl (C=O) groups excluding carboxylic acids is 1. The second kappa shape index (κ2) is 10.2. The monoisotopic (exact) mass is 541 g/mol. The second-order valence-corrected chi connectivity index (χ2v) is 12.1. The van der Waals surface area contributed by atoms with Crippen LogP contribution in [-0.4, -0.2) is 70.1 Å². The van der Waals surface area contributed by atoms with Crippen molar-refractivity contribution in [1.29, 1.82) is 0 Å². The minimum Gasteiger partial charge on any atom is -0.609 e. The Hall–Kier alpha value is -2.75. The Morgan fingerprint density at radius 3 is 2.41 bits per heavy atom. The number of benzene rings is 2. The van der Waals surface area contributed by atoms with Crippen LogP contribution in [-0.2, 0) is 28.9 Å². The number of hydrogen-bond acceptors (Lipinski definition) is 7.